The molecule has 168 valence electrons. The van der Waals surface area contributed by atoms with Crippen LogP contribution in [-0.2, 0) is 9.53 Å². The Morgan fingerprint density at radius 3 is 2.53 bits per heavy atom. The van der Waals surface area contributed by atoms with E-state index in [2.05, 4.69) is 0 Å². The smallest absolute Gasteiger partial charge is 0.306 e. The van der Waals surface area contributed by atoms with Gasteiger partial charge in [-0.15, -0.1) is 0 Å². The van der Waals surface area contributed by atoms with Crippen LogP contribution >= 0.6 is 0 Å². The third-order valence-corrected chi connectivity index (χ3v) is 6.29. The summed E-state index contributed by atoms with van der Waals surface area (Å²) in [5, 5.41) is 11.1. The summed E-state index contributed by atoms with van der Waals surface area (Å²) in [5.74, 6) is -0.963. The number of esters is 1. The highest BCUT2D eigenvalue weighted by Gasteiger charge is 2.42. The van der Waals surface area contributed by atoms with Gasteiger partial charge < -0.3 is 19.3 Å². The molecule has 6 nitrogen and oxygen atoms in total. The minimum atomic E-state index is -0.646. The summed E-state index contributed by atoms with van der Waals surface area (Å²) >= 11 is 0. The first-order valence-corrected chi connectivity index (χ1v) is 10.8. The van der Waals surface area contributed by atoms with E-state index in [0.717, 1.165) is 5.56 Å². The van der Waals surface area contributed by atoms with Crippen LogP contribution < -0.4 is 9.47 Å². The van der Waals surface area contributed by atoms with Crippen LogP contribution in [0, 0.1) is 5.92 Å². The summed E-state index contributed by atoms with van der Waals surface area (Å²) in [4.78, 5) is 25.7. The molecule has 2 aliphatic heterocycles. The Balaban J connectivity index is 2.06. The molecule has 0 radical (unpaired) electrons. The average Bonchev–Trinajstić information content (AvgIpc) is 2.76. The van der Waals surface area contributed by atoms with Gasteiger partial charge in [-0.2, -0.15) is 0 Å². The zero-order valence-corrected chi connectivity index (χ0v) is 19.0. The molecule has 32 heavy (non-hydrogen) atoms. The fraction of sp³-hybridized carbons (Fsp3) is 0.385. The lowest BCUT2D eigenvalue weighted by atomic mass is 9.80. The number of aromatic hydroxyl groups is 1. The van der Waals surface area contributed by atoms with E-state index in [1.165, 1.54) is 7.11 Å². The van der Waals surface area contributed by atoms with Crippen molar-refractivity contribution < 1.29 is 28.9 Å². The van der Waals surface area contributed by atoms with Crippen LogP contribution in [0.15, 0.2) is 36.4 Å². The molecule has 0 fully saturated rings. The predicted molar refractivity (Wildman–Crippen MR) is 120 cm³/mol. The summed E-state index contributed by atoms with van der Waals surface area (Å²) in [6.07, 6.45) is 3.24. The molecule has 6 heteroatoms. The Kier molecular flexibility index (Phi) is 5.49. The number of carbonyl (C=O) groups is 2. The highest BCUT2D eigenvalue weighted by molar-refractivity contribution is 6.06. The second-order valence-corrected chi connectivity index (χ2v) is 8.97. The molecule has 2 aromatic rings. The summed E-state index contributed by atoms with van der Waals surface area (Å²) < 4.78 is 17.5. The number of methoxy groups -OCH3 is 1. The van der Waals surface area contributed by atoms with Gasteiger partial charge in [0, 0.05) is 11.5 Å². The minimum Gasteiger partial charge on any atom is -0.506 e. The average molecular weight is 437 g/mol. The molecule has 0 saturated heterocycles. The van der Waals surface area contributed by atoms with E-state index in [0.29, 0.717) is 16.9 Å². The molecule has 2 aliphatic rings. The number of phenols is 1. The third-order valence-electron chi connectivity index (χ3n) is 6.29. The molecule has 4 rings (SSSR count). The van der Waals surface area contributed by atoms with Crippen molar-refractivity contribution in [2.45, 2.75) is 51.7 Å². The maximum Gasteiger partial charge on any atom is 0.306 e. The Morgan fingerprint density at radius 2 is 1.88 bits per heavy atom. The van der Waals surface area contributed by atoms with Crippen LogP contribution in [0.3, 0.4) is 0 Å². The monoisotopic (exact) mass is 436 g/mol. The highest BCUT2D eigenvalue weighted by atomic mass is 16.5. The quantitative estimate of drug-likeness (QED) is 0.689. The molecule has 1 unspecified atom stereocenters. The predicted octanol–water partition coefficient (Wildman–Crippen LogP) is 4.87. The zero-order chi connectivity index (χ0) is 23.2. The van der Waals surface area contributed by atoms with Gasteiger partial charge in [0.15, 0.2) is 5.78 Å². The van der Waals surface area contributed by atoms with Crippen LogP contribution in [0.25, 0.3) is 6.08 Å². The first-order chi connectivity index (χ1) is 15.1. The third kappa shape index (κ3) is 3.64. The van der Waals surface area contributed by atoms with Crippen molar-refractivity contribution >= 4 is 17.8 Å². The number of hydrogen-bond acceptors (Lipinski definition) is 6. The number of carbonyl (C=O) groups excluding carboxylic acids is 2. The maximum absolute atomic E-state index is 13.3. The van der Waals surface area contributed by atoms with Crippen molar-refractivity contribution in [3.8, 4) is 17.2 Å². The molecular formula is C26H28O6. The van der Waals surface area contributed by atoms with Crippen molar-refractivity contribution in [2.75, 3.05) is 7.11 Å². The molecule has 2 aromatic carbocycles. The topological polar surface area (TPSA) is 82.1 Å². The van der Waals surface area contributed by atoms with Crippen LogP contribution in [0.4, 0.5) is 0 Å². The molecule has 2 heterocycles. The van der Waals surface area contributed by atoms with Crippen molar-refractivity contribution in [3.05, 3.63) is 58.7 Å². The number of ketones is 1. The molecular weight excluding hydrogens is 408 g/mol. The van der Waals surface area contributed by atoms with E-state index in [9.17, 15) is 14.7 Å². The molecule has 0 amide bonds. The van der Waals surface area contributed by atoms with Crippen molar-refractivity contribution in [1.29, 1.82) is 0 Å². The number of rotatable bonds is 4. The summed E-state index contributed by atoms with van der Waals surface area (Å²) in [6.45, 7) is 7.42. The number of benzene rings is 2. The Morgan fingerprint density at radius 1 is 1.19 bits per heavy atom. The van der Waals surface area contributed by atoms with Crippen LogP contribution in [0.2, 0.25) is 0 Å². The van der Waals surface area contributed by atoms with E-state index < -0.39 is 29.5 Å². The van der Waals surface area contributed by atoms with E-state index in [1.54, 1.807) is 13.0 Å². The van der Waals surface area contributed by atoms with Gasteiger partial charge in [0.25, 0.3) is 0 Å². The Hall–Kier alpha value is -3.28. The van der Waals surface area contributed by atoms with Crippen molar-refractivity contribution in [1.82, 2.24) is 0 Å². The number of hydrogen-bond donors (Lipinski definition) is 1. The molecule has 0 aliphatic carbocycles. The summed E-state index contributed by atoms with van der Waals surface area (Å²) in [6, 6.07) is 9.51. The fourth-order valence-electron chi connectivity index (χ4n) is 4.30. The van der Waals surface area contributed by atoms with Crippen molar-refractivity contribution in [3.63, 3.8) is 0 Å². The fourth-order valence-corrected chi connectivity index (χ4v) is 4.30. The van der Waals surface area contributed by atoms with Crippen LogP contribution in [0.1, 0.15) is 67.1 Å². The molecule has 0 spiro atoms. The summed E-state index contributed by atoms with van der Waals surface area (Å²) in [7, 11) is 1.35. The number of fused-ring (bicyclic) bond motifs is 2. The van der Waals surface area contributed by atoms with Gasteiger partial charge in [0.05, 0.1) is 25.0 Å². The molecule has 1 N–H and O–H groups in total. The van der Waals surface area contributed by atoms with Gasteiger partial charge in [-0.3, -0.25) is 9.59 Å². The molecule has 0 bridgehead atoms. The lowest BCUT2D eigenvalue weighted by Gasteiger charge is -2.37. The van der Waals surface area contributed by atoms with Gasteiger partial charge in [-0.05, 0) is 38.5 Å². The lowest BCUT2D eigenvalue weighted by molar-refractivity contribution is -0.140. The number of phenolic OH excluding ortho intramolecular Hbond substituents is 1. The van der Waals surface area contributed by atoms with Gasteiger partial charge >= 0.3 is 5.97 Å². The number of ether oxygens (including phenoxy) is 3. The first-order valence-electron chi connectivity index (χ1n) is 10.8. The van der Waals surface area contributed by atoms with Crippen LogP contribution in [0.5, 0.6) is 17.2 Å². The maximum atomic E-state index is 13.3. The zero-order valence-electron chi connectivity index (χ0n) is 19.0. The molecule has 0 aromatic heterocycles. The minimum absolute atomic E-state index is 0.0269. The van der Waals surface area contributed by atoms with Gasteiger partial charge in [-0.1, -0.05) is 37.3 Å². The standard InChI is InChI=1S/C26H28O6/c1-14-15(2)31-25-20(18(13-19(27)30-5)16-9-7-6-8-10-16)24-17(11-12-26(3,4)32-24)23(29)21(25)22(14)28/h6-12,14-15,18,29H,13H2,1-5H3/t14-,15+,18?/m0/s1. The summed E-state index contributed by atoms with van der Waals surface area (Å²) in [5.41, 5.74) is 1.35. The lowest BCUT2D eigenvalue weighted by Crippen LogP contribution is -2.36. The normalized spacial score (nSPS) is 21.6. The Bertz CT molecular complexity index is 1100. The van der Waals surface area contributed by atoms with Gasteiger partial charge in [0.2, 0.25) is 0 Å². The largest absolute Gasteiger partial charge is 0.506 e. The first kappa shape index (κ1) is 21.9. The van der Waals surface area contributed by atoms with E-state index >= 15 is 0 Å². The Labute approximate surface area is 187 Å². The van der Waals surface area contributed by atoms with E-state index in [-0.39, 0.29) is 29.3 Å². The van der Waals surface area contributed by atoms with Crippen LogP contribution in [-0.4, -0.2) is 35.7 Å². The van der Waals surface area contributed by atoms with E-state index in [1.807, 2.05) is 57.2 Å². The number of Topliss-reactive ketones (excluding diaryl/α,β-unsaturated/α-hetero) is 1. The van der Waals surface area contributed by atoms with Gasteiger partial charge in [-0.25, -0.2) is 0 Å². The second kappa shape index (κ2) is 8.01. The van der Waals surface area contributed by atoms with Gasteiger partial charge in [0.1, 0.15) is 34.5 Å². The SMILES string of the molecule is COC(=O)CC(c1ccccc1)c1c2c(c(O)c3c1O[C@H](C)[C@H](C)C3=O)C=CC(C)(C)O2. The highest BCUT2D eigenvalue weighted by Crippen LogP contribution is 2.54. The van der Waals surface area contributed by atoms with E-state index in [4.69, 9.17) is 14.2 Å². The van der Waals surface area contributed by atoms with Crippen molar-refractivity contribution in [2.24, 2.45) is 5.92 Å². The second-order valence-electron chi connectivity index (χ2n) is 8.97. The molecule has 3 atom stereocenters. The molecule has 0 saturated carbocycles.